The van der Waals surface area contributed by atoms with Crippen molar-refractivity contribution in [3.63, 3.8) is 0 Å². The van der Waals surface area contributed by atoms with Gasteiger partial charge in [-0.25, -0.2) is 0 Å². The molecule has 1 aliphatic carbocycles. The van der Waals surface area contributed by atoms with Gasteiger partial charge in [0.1, 0.15) is 12.4 Å². The minimum atomic E-state index is 0. The van der Waals surface area contributed by atoms with Crippen molar-refractivity contribution in [1.82, 2.24) is 5.32 Å². The first-order chi connectivity index (χ1) is 10.9. The molecule has 0 bridgehead atoms. The van der Waals surface area contributed by atoms with Crippen LogP contribution in [0.4, 0.5) is 0 Å². The van der Waals surface area contributed by atoms with Crippen molar-refractivity contribution in [3.8, 4) is 17.2 Å². The fraction of sp³-hybridized carbons (Fsp3) is 0.333. The smallest absolute Gasteiger partial charge is 0.231 e. The van der Waals surface area contributed by atoms with Crippen molar-refractivity contribution in [3.05, 3.63) is 53.6 Å². The lowest BCUT2D eigenvalue weighted by Crippen LogP contribution is -2.15. The molecule has 0 spiro atoms. The van der Waals surface area contributed by atoms with Gasteiger partial charge in [-0.05, 0) is 48.2 Å². The summed E-state index contributed by atoms with van der Waals surface area (Å²) in [5.41, 5.74) is 2.37. The van der Waals surface area contributed by atoms with E-state index < -0.39 is 0 Å². The summed E-state index contributed by atoms with van der Waals surface area (Å²) in [6.45, 7) is 1.76. The molecule has 2 aromatic carbocycles. The van der Waals surface area contributed by atoms with Crippen LogP contribution in [0.5, 0.6) is 17.2 Å². The van der Waals surface area contributed by atoms with Gasteiger partial charge in [-0.2, -0.15) is 0 Å². The van der Waals surface area contributed by atoms with Crippen molar-refractivity contribution in [1.29, 1.82) is 0 Å². The van der Waals surface area contributed by atoms with Gasteiger partial charge in [0.25, 0.3) is 0 Å². The summed E-state index contributed by atoms with van der Waals surface area (Å²) in [4.78, 5) is 0. The van der Waals surface area contributed by atoms with Crippen LogP contribution < -0.4 is 19.5 Å². The molecule has 0 aromatic heterocycles. The Labute approximate surface area is 142 Å². The highest BCUT2D eigenvalue weighted by Gasteiger charge is 2.19. The molecule has 0 unspecified atom stereocenters. The van der Waals surface area contributed by atoms with Crippen LogP contribution in [0.2, 0.25) is 0 Å². The van der Waals surface area contributed by atoms with Crippen molar-refractivity contribution in [2.24, 2.45) is 0 Å². The van der Waals surface area contributed by atoms with Crippen molar-refractivity contribution >= 4 is 12.4 Å². The van der Waals surface area contributed by atoms with E-state index in [2.05, 4.69) is 17.4 Å². The monoisotopic (exact) mass is 333 g/mol. The molecule has 1 heterocycles. The minimum Gasteiger partial charge on any atom is -0.489 e. The third kappa shape index (κ3) is 4.09. The molecule has 1 N–H and O–H groups in total. The van der Waals surface area contributed by atoms with Gasteiger partial charge in [0.05, 0.1) is 0 Å². The molecule has 4 nitrogen and oxygen atoms in total. The van der Waals surface area contributed by atoms with E-state index >= 15 is 0 Å². The highest BCUT2D eigenvalue weighted by molar-refractivity contribution is 5.85. The van der Waals surface area contributed by atoms with E-state index in [0.717, 1.165) is 35.4 Å². The molecule has 1 saturated carbocycles. The molecule has 2 aliphatic rings. The fourth-order valence-corrected chi connectivity index (χ4v) is 2.45. The molecule has 2 aromatic rings. The summed E-state index contributed by atoms with van der Waals surface area (Å²) in [6.07, 6.45) is 2.63. The number of nitrogens with one attached hydrogen (secondary N) is 1. The summed E-state index contributed by atoms with van der Waals surface area (Å²) in [7, 11) is 0. The Morgan fingerprint density at radius 1 is 0.957 bits per heavy atom. The highest BCUT2D eigenvalue weighted by atomic mass is 35.5. The number of halogens is 1. The number of hydrogen-bond donors (Lipinski definition) is 1. The van der Waals surface area contributed by atoms with Crippen molar-refractivity contribution in [2.75, 3.05) is 6.79 Å². The molecular formula is C18H20ClNO3. The number of ether oxygens (including phenoxy) is 3. The van der Waals surface area contributed by atoms with Crippen LogP contribution >= 0.6 is 12.4 Å². The molecule has 0 saturated heterocycles. The van der Waals surface area contributed by atoms with Crippen LogP contribution in [0.15, 0.2) is 42.5 Å². The second kappa shape index (κ2) is 7.11. The highest BCUT2D eigenvalue weighted by Crippen LogP contribution is 2.32. The molecule has 0 atom stereocenters. The average Bonchev–Trinajstić information content (AvgIpc) is 3.27. The molecular weight excluding hydrogens is 314 g/mol. The molecule has 1 fully saturated rings. The van der Waals surface area contributed by atoms with Crippen molar-refractivity contribution in [2.45, 2.75) is 32.0 Å². The van der Waals surface area contributed by atoms with Gasteiger partial charge in [0, 0.05) is 12.6 Å². The predicted molar refractivity (Wildman–Crippen MR) is 90.4 cm³/mol. The predicted octanol–water partition coefficient (Wildman–Crippen LogP) is 3.67. The quantitative estimate of drug-likeness (QED) is 0.875. The van der Waals surface area contributed by atoms with Crippen LogP contribution in [0.3, 0.4) is 0 Å². The van der Waals surface area contributed by atoms with E-state index in [0.29, 0.717) is 13.4 Å². The lowest BCUT2D eigenvalue weighted by molar-refractivity contribution is 0.174. The van der Waals surface area contributed by atoms with E-state index in [9.17, 15) is 0 Å². The van der Waals surface area contributed by atoms with Crippen LogP contribution in [0.1, 0.15) is 24.0 Å². The number of benzene rings is 2. The topological polar surface area (TPSA) is 39.7 Å². The Morgan fingerprint density at radius 2 is 1.70 bits per heavy atom. The summed E-state index contributed by atoms with van der Waals surface area (Å²) < 4.78 is 16.5. The second-order valence-electron chi connectivity index (χ2n) is 5.78. The van der Waals surface area contributed by atoms with Gasteiger partial charge < -0.3 is 19.5 Å². The first kappa shape index (κ1) is 16.0. The van der Waals surface area contributed by atoms with E-state index in [4.69, 9.17) is 14.2 Å². The first-order valence-electron chi connectivity index (χ1n) is 7.70. The van der Waals surface area contributed by atoms with Crippen molar-refractivity contribution < 1.29 is 14.2 Å². The van der Waals surface area contributed by atoms with Gasteiger partial charge in [0.2, 0.25) is 6.79 Å². The van der Waals surface area contributed by atoms with Gasteiger partial charge in [-0.3, -0.25) is 0 Å². The number of fused-ring (bicyclic) bond motifs is 1. The van der Waals surface area contributed by atoms with E-state index in [1.807, 2.05) is 30.3 Å². The standard InChI is InChI=1S/C18H19NO3.ClH/c1-6-16(7-2-13(1)10-19-15-4-5-15)20-11-14-3-8-17-18(9-14)22-12-21-17;/h1-3,6-9,15,19H,4-5,10-12H2;1H. The molecule has 0 radical (unpaired) electrons. The molecule has 5 heteroatoms. The fourth-order valence-electron chi connectivity index (χ4n) is 2.45. The minimum absolute atomic E-state index is 0. The van der Waals surface area contributed by atoms with Gasteiger partial charge in [-0.1, -0.05) is 18.2 Å². The molecule has 4 rings (SSSR count). The third-order valence-electron chi connectivity index (χ3n) is 3.94. The molecule has 122 valence electrons. The summed E-state index contributed by atoms with van der Waals surface area (Å²) in [6, 6.07) is 14.9. The lowest BCUT2D eigenvalue weighted by atomic mass is 10.2. The van der Waals surface area contributed by atoms with Crippen LogP contribution in [-0.4, -0.2) is 12.8 Å². The molecule has 0 amide bonds. The Hall–Kier alpha value is -1.91. The lowest BCUT2D eigenvalue weighted by Gasteiger charge is -2.08. The Bertz CT molecular complexity index is 656. The normalized spacial score (nSPS) is 15.1. The summed E-state index contributed by atoms with van der Waals surface area (Å²) in [5, 5.41) is 3.51. The van der Waals surface area contributed by atoms with Crippen LogP contribution in [-0.2, 0) is 13.2 Å². The Kier molecular flexibility index (Phi) is 4.94. The second-order valence-corrected chi connectivity index (χ2v) is 5.78. The zero-order valence-corrected chi connectivity index (χ0v) is 13.6. The third-order valence-corrected chi connectivity index (χ3v) is 3.94. The molecule has 23 heavy (non-hydrogen) atoms. The van der Waals surface area contributed by atoms with Crippen LogP contribution in [0.25, 0.3) is 0 Å². The zero-order chi connectivity index (χ0) is 14.8. The Morgan fingerprint density at radius 3 is 2.48 bits per heavy atom. The SMILES string of the molecule is Cl.c1cc(OCc2ccc3c(c2)OCO3)ccc1CNC1CC1. The summed E-state index contributed by atoms with van der Waals surface area (Å²) >= 11 is 0. The number of rotatable bonds is 6. The zero-order valence-electron chi connectivity index (χ0n) is 12.8. The largest absolute Gasteiger partial charge is 0.489 e. The summed E-state index contributed by atoms with van der Waals surface area (Å²) in [5.74, 6) is 2.48. The number of hydrogen-bond acceptors (Lipinski definition) is 4. The van der Waals surface area contributed by atoms with E-state index in [1.165, 1.54) is 18.4 Å². The maximum Gasteiger partial charge on any atom is 0.231 e. The van der Waals surface area contributed by atoms with Crippen LogP contribution in [0, 0.1) is 0 Å². The first-order valence-corrected chi connectivity index (χ1v) is 7.70. The molecule has 1 aliphatic heterocycles. The van der Waals surface area contributed by atoms with Gasteiger partial charge in [-0.15, -0.1) is 12.4 Å². The van der Waals surface area contributed by atoms with E-state index in [1.54, 1.807) is 0 Å². The van der Waals surface area contributed by atoms with E-state index in [-0.39, 0.29) is 12.4 Å². The van der Waals surface area contributed by atoms with Gasteiger partial charge >= 0.3 is 0 Å². The maximum absolute atomic E-state index is 5.83. The average molecular weight is 334 g/mol. The van der Waals surface area contributed by atoms with Gasteiger partial charge in [0.15, 0.2) is 11.5 Å². The Balaban J connectivity index is 0.00000156. The maximum atomic E-state index is 5.83.